The molecule has 0 atom stereocenters. The van der Waals surface area contributed by atoms with Gasteiger partial charge in [-0.1, -0.05) is 11.6 Å². The summed E-state index contributed by atoms with van der Waals surface area (Å²) in [4.78, 5) is 25.4. The van der Waals surface area contributed by atoms with E-state index >= 15 is 0 Å². The van der Waals surface area contributed by atoms with Crippen LogP contribution in [0.3, 0.4) is 0 Å². The first-order chi connectivity index (χ1) is 9.54. The Morgan fingerprint density at radius 2 is 2.20 bits per heavy atom. The Kier molecular flexibility index (Phi) is 3.43. The second kappa shape index (κ2) is 5.10. The number of aromatic amines is 1. The lowest BCUT2D eigenvalue weighted by atomic mass is 10.1. The number of rotatable bonds is 2. The SMILES string of the molecule is O=c1[nH]c(=O)n(Cc2cc(Cl)cc3c2OCC3)cc1Br. The zero-order valence-corrected chi connectivity index (χ0v) is 12.6. The van der Waals surface area contributed by atoms with Crippen molar-refractivity contribution in [1.29, 1.82) is 0 Å². The monoisotopic (exact) mass is 356 g/mol. The van der Waals surface area contributed by atoms with Gasteiger partial charge in [-0.05, 0) is 33.6 Å². The van der Waals surface area contributed by atoms with Gasteiger partial charge in [0.2, 0.25) is 0 Å². The summed E-state index contributed by atoms with van der Waals surface area (Å²) in [7, 11) is 0. The Balaban J connectivity index is 2.07. The van der Waals surface area contributed by atoms with E-state index in [0.717, 1.165) is 23.3 Å². The predicted octanol–water partition coefficient (Wildman–Crippen LogP) is 1.94. The molecule has 7 heteroatoms. The molecule has 0 amide bonds. The molecule has 2 heterocycles. The number of nitrogens with one attached hydrogen (secondary N) is 1. The molecule has 104 valence electrons. The Bertz CT molecular complexity index is 797. The minimum absolute atomic E-state index is 0.289. The van der Waals surface area contributed by atoms with E-state index in [4.69, 9.17) is 16.3 Å². The van der Waals surface area contributed by atoms with Crippen LogP contribution >= 0.6 is 27.5 Å². The van der Waals surface area contributed by atoms with E-state index in [1.807, 2.05) is 6.07 Å². The number of halogens is 2. The van der Waals surface area contributed by atoms with Gasteiger partial charge in [-0.25, -0.2) is 4.79 Å². The van der Waals surface area contributed by atoms with Gasteiger partial charge in [0.25, 0.3) is 5.56 Å². The van der Waals surface area contributed by atoms with Crippen molar-refractivity contribution in [2.24, 2.45) is 0 Å². The zero-order valence-electron chi connectivity index (χ0n) is 10.3. The summed E-state index contributed by atoms with van der Waals surface area (Å²) >= 11 is 9.19. The Morgan fingerprint density at radius 1 is 1.40 bits per heavy atom. The number of aromatic nitrogens is 2. The molecule has 1 aromatic carbocycles. The lowest BCUT2D eigenvalue weighted by Crippen LogP contribution is -2.30. The molecule has 0 aliphatic carbocycles. The van der Waals surface area contributed by atoms with Crippen LogP contribution in [0.2, 0.25) is 5.02 Å². The number of ether oxygens (including phenoxy) is 1. The molecule has 0 unspecified atom stereocenters. The maximum Gasteiger partial charge on any atom is 0.328 e. The summed E-state index contributed by atoms with van der Waals surface area (Å²) < 4.78 is 7.30. The van der Waals surface area contributed by atoms with Crippen LogP contribution in [0.1, 0.15) is 11.1 Å². The van der Waals surface area contributed by atoms with Crippen LogP contribution in [0.4, 0.5) is 0 Å². The summed E-state index contributed by atoms with van der Waals surface area (Å²) in [6.45, 7) is 0.907. The minimum atomic E-state index is -0.468. The quantitative estimate of drug-likeness (QED) is 0.893. The maximum absolute atomic E-state index is 11.8. The highest BCUT2D eigenvalue weighted by molar-refractivity contribution is 9.10. The highest BCUT2D eigenvalue weighted by atomic mass is 79.9. The van der Waals surface area contributed by atoms with E-state index in [0.29, 0.717) is 16.1 Å². The molecule has 5 nitrogen and oxygen atoms in total. The van der Waals surface area contributed by atoms with Gasteiger partial charge in [0.05, 0.1) is 17.6 Å². The van der Waals surface area contributed by atoms with E-state index in [9.17, 15) is 9.59 Å². The number of nitrogens with zero attached hydrogens (tertiary/aromatic N) is 1. The summed E-state index contributed by atoms with van der Waals surface area (Å²) in [6.07, 6.45) is 2.27. The normalized spacial score (nSPS) is 13.1. The van der Waals surface area contributed by atoms with E-state index in [-0.39, 0.29) is 6.54 Å². The van der Waals surface area contributed by atoms with Crippen LogP contribution < -0.4 is 16.0 Å². The standard InChI is InChI=1S/C13H10BrClN2O3/c14-10-6-17(13(19)16-12(10)18)5-8-4-9(15)3-7-1-2-20-11(7)8/h3-4,6H,1-2,5H2,(H,16,18,19). The van der Waals surface area contributed by atoms with Crippen molar-refractivity contribution in [1.82, 2.24) is 9.55 Å². The molecular weight excluding hydrogens is 348 g/mol. The lowest BCUT2D eigenvalue weighted by molar-refractivity contribution is 0.352. The number of H-pyrrole nitrogens is 1. The first kappa shape index (κ1) is 13.5. The maximum atomic E-state index is 11.8. The molecule has 20 heavy (non-hydrogen) atoms. The third kappa shape index (κ3) is 2.41. The van der Waals surface area contributed by atoms with Crippen molar-refractivity contribution in [3.05, 3.63) is 59.8 Å². The van der Waals surface area contributed by atoms with Gasteiger partial charge in [-0.15, -0.1) is 0 Å². The smallest absolute Gasteiger partial charge is 0.328 e. The Labute approximate surface area is 127 Å². The van der Waals surface area contributed by atoms with Gasteiger partial charge in [0.15, 0.2) is 0 Å². The van der Waals surface area contributed by atoms with Crippen molar-refractivity contribution in [2.75, 3.05) is 6.61 Å². The van der Waals surface area contributed by atoms with E-state index in [2.05, 4.69) is 20.9 Å². The number of hydrogen-bond donors (Lipinski definition) is 1. The van der Waals surface area contributed by atoms with Gasteiger partial charge in [-0.3, -0.25) is 14.3 Å². The van der Waals surface area contributed by atoms with Gasteiger partial charge in [0, 0.05) is 23.2 Å². The fourth-order valence-corrected chi connectivity index (χ4v) is 2.86. The molecule has 0 saturated heterocycles. The molecule has 1 aliphatic heterocycles. The fourth-order valence-electron chi connectivity index (χ4n) is 2.25. The largest absolute Gasteiger partial charge is 0.493 e. The molecule has 0 fully saturated rings. The summed E-state index contributed by atoms with van der Waals surface area (Å²) in [6, 6.07) is 3.65. The zero-order chi connectivity index (χ0) is 14.3. The molecule has 0 spiro atoms. The summed E-state index contributed by atoms with van der Waals surface area (Å²) in [5, 5.41) is 0.612. The molecule has 0 bridgehead atoms. The van der Waals surface area contributed by atoms with E-state index in [1.54, 1.807) is 6.07 Å². The molecule has 0 saturated carbocycles. The second-order valence-electron chi connectivity index (χ2n) is 4.52. The fraction of sp³-hybridized carbons (Fsp3) is 0.231. The van der Waals surface area contributed by atoms with Crippen LogP contribution in [-0.4, -0.2) is 16.2 Å². The average molecular weight is 358 g/mol. The average Bonchev–Trinajstić information content (AvgIpc) is 2.84. The molecule has 1 aliphatic rings. The second-order valence-corrected chi connectivity index (χ2v) is 5.81. The molecule has 3 rings (SSSR count). The highest BCUT2D eigenvalue weighted by Gasteiger charge is 2.18. The Hall–Kier alpha value is -1.53. The van der Waals surface area contributed by atoms with Crippen molar-refractivity contribution >= 4 is 27.5 Å². The minimum Gasteiger partial charge on any atom is -0.493 e. The molecule has 2 aromatic rings. The Morgan fingerprint density at radius 3 is 3.00 bits per heavy atom. The molecule has 0 radical (unpaired) electrons. The van der Waals surface area contributed by atoms with Gasteiger partial charge < -0.3 is 4.74 Å². The molecular formula is C13H10BrClN2O3. The lowest BCUT2D eigenvalue weighted by Gasteiger charge is -2.10. The number of benzene rings is 1. The molecule has 1 N–H and O–H groups in total. The van der Waals surface area contributed by atoms with Crippen molar-refractivity contribution < 1.29 is 4.74 Å². The first-order valence-electron chi connectivity index (χ1n) is 5.98. The summed E-state index contributed by atoms with van der Waals surface area (Å²) in [5.41, 5.74) is 0.957. The number of fused-ring (bicyclic) bond motifs is 1. The van der Waals surface area contributed by atoms with Crippen LogP contribution in [0.15, 0.2) is 32.4 Å². The van der Waals surface area contributed by atoms with Gasteiger partial charge in [-0.2, -0.15) is 0 Å². The number of hydrogen-bond acceptors (Lipinski definition) is 3. The third-order valence-electron chi connectivity index (χ3n) is 3.13. The van der Waals surface area contributed by atoms with Gasteiger partial charge in [0.1, 0.15) is 5.75 Å². The van der Waals surface area contributed by atoms with Crippen molar-refractivity contribution in [2.45, 2.75) is 13.0 Å². The van der Waals surface area contributed by atoms with E-state index in [1.165, 1.54) is 10.8 Å². The van der Waals surface area contributed by atoms with Crippen molar-refractivity contribution in [3.8, 4) is 5.75 Å². The van der Waals surface area contributed by atoms with Gasteiger partial charge >= 0.3 is 5.69 Å². The van der Waals surface area contributed by atoms with Crippen LogP contribution in [-0.2, 0) is 13.0 Å². The van der Waals surface area contributed by atoms with Crippen molar-refractivity contribution in [3.63, 3.8) is 0 Å². The van der Waals surface area contributed by atoms with Crippen LogP contribution in [0.5, 0.6) is 5.75 Å². The third-order valence-corrected chi connectivity index (χ3v) is 3.92. The van der Waals surface area contributed by atoms with Crippen LogP contribution in [0.25, 0.3) is 0 Å². The molecule has 1 aromatic heterocycles. The van der Waals surface area contributed by atoms with E-state index < -0.39 is 11.2 Å². The topological polar surface area (TPSA) is 64.1 Å². The summed E-state index contributed by atoms with van der Waals surface area (Å²) in [5.74, 6) is 0.781. The predicted molar refractivity (Wildman–Crippen MR) is 78.8 cm³/mol. The van der Waals surface area contributed by atoms with Crippen LogP contribution in [0, 0.1) is 0 Å². The first-order valence-corrected chi connectivity index (χ1v) is 7.15. The highest BCUT2D eigenvalue weighted by Crippen LogP contribution is 2.33.